The van der Waals surface area contributed by atoms with Gasteiger partial charge in [-0.15, -0.1) is 0 Å². The van der Waals surface area contributed by atoms with Gasteiger partial charge in [0.25, 0.3) is 5.91 Å². The highest BCUT2D eigenvalue weighted by Gasteiger charge is 2.25. The van der Waals surface area contributed by atoms with Crippen LogP contribution in [-0.2, 0) is 0 Å². The third-order valence-corrected chi connectivity index (χ3v) is 3.58. The molecule has 1 aromatic rings. The van der Waals surface area contributed by atoms with E-state index in [1.807, 2.05) is 11.0 Å². The van der Waals surface area contributed by atoms with Crippen LogP contribution in [-0.4, -0.2) is 38.1 Å². The number of carbonyl (C=O) groups is 1. The molecule has 19 heavy (non-hydrogen) atoms. The van der Waals surface area contributed by atoms with E-state index in [1.165, 1.54) is 6.42 Å². The van der Waals surface area contributed by atoms with Gasteiger partial charge in [-0.05, 0) is 30.9 Å². The Balaban J connectivity index is 2.28. The topological polar surface area (TPSA) is 38.8 Å². The number of para-hydroxylation sites is 1. The molecule has 4 heteroatoms. The SMILES string of the molecule is COc1cccc(C(=O)N2CCC[C@H](C)C2)c1OC. The number of ether oxygens (including phenoxy) is 2. The second-order valence-corrected chi connectivity index (χ2v) is 5.04. The number of piperidine rings is 1. The molecule has 0 spiro atoms. The first kappa shape index (κ1) is 13.7. The van der Waals surface area contributed by atoms with Crippen LogP contribution in [0.3, 0.4) is 0 Å². The fourth-order valence-corrected chi connectivity index (χ4v) is 2.60. The maximum absolute atomic E-state index is 12.6. The number of rotatable bonds is 3. The van der Waals surface area contributed by atoms with E-state index in [-0.39, 0.29) is 5.91 Å². The smallest absolute Gasteiger partial charge is 0.257 e. The third kappa shape index (κ3) is 2.83. The van der Waals surface area contributed by atoms with Crippen molar-refractivity contribution in [3.8, 4) is 11.5 Å². The Kier molecular flexibility index (Phi) is 4.30. The van der Waals surface area contributed by atoms with E-state index in [2.05, 4.69) is 6.92 Å². The first-order valence-electron chi connectivity index (χ1n) is 6.67. The number of carbonyl (C=O) groups excluding carboxylic acids is 1. The maximum atomic E-state index is 12.6. The summed E-state index contributed by atoms with van der Waals surface area (Å²) in [6.07, 6.45) is 2.26. The minimum absolute atomic E-state index is 0.0299. The van der Waals surface area contributed by atoms with Gasteiger partial charge in [0.05, 0.1) is 19.8 Å². The molecule has 1 heterocycles. The van der Waals surface area contributed by atoms with Crippen molar-refractivity contribution < 1.29 is 14.3 Å². The van der Waals surface area contributed by atoms with Gasteiger partial charge in [-0.1, -0.05) is 13.0 Å². The molecule has 1 atom stereocenters. The molecule has 0 aliphatic carbocycles. The largest absolute Gasteiger partial charge is 0.493 e. The number of hydrogen-bond acceptors (Lipinski definition) is 3. The highest BCUT2D eigenvalue weighted by Crippen LogP contribution is 2.32. The highest BCUT2D eigenvalue weighted by molar-refractivity contribution is 5.97. The van der Waals surface area contributed by atoms with Gasteiger partial charge >= 0.3 is 0 Å². The zero-order valence-electron chi connectivity index (χ0n) is 11.8. The zero-order chi connectivity index (χ0) is 13.8. The first-order valence-corrected chi connectivity index (χ1v) is 6.67. The summed E-state index contributed by atoms with van der Waals surface area (Å²) in [7, 11) is 3.14. The molecule has 1 aliphatic heterocycles. The minimum Gasteiger partial charge on any atom is -0.493 e. The van der Waals surface area contributed by atoms with Crippen LogP contribution in [0.2, 0.25) is 0 Å². The predicted octanol–water partition coefficient (Wildman–Crippen LogP) is 2.58. The lowest BCUT2D eigenvalue weighted by molar-refractivity contribution is 0.0679. The Hall–Kier alpha value is -1.71. The molecule has 2 rings (SSSR count). The lowest BCUT2D eigenvalue weighted by Gasteiger charge is -2.31. The molecule has 1 aliphatic rings. The summed E-state index contributed by atoms with van der Waals surface area (Å²) in [5.74, 6) is 1.71. The molecule has 0 radical (unpaired) electrons. The van der Waals surface area contributed by atoms with E-state index < -0.39 is 0 Å². The third-order valence-electron chi connectivity index (χ3n) is 3.58. The summed E-state index contributed by atoms with van der Waals surface area (Å²) in [6, 6.07) is 5.42. The predicted molar refractivity (Wildman–Crippen MR) is 73.8 cm³/mol. The van der Waals surface area contributed by atoms with Gasteiger partial charge in [0.15, 0.2) is 11.5 Å². The van der Waals surface area contributed by atoms with E-state index in [0.717, 1.165) is 19.5 Å². The molecular weight excluding hydrogens is 242 g/mol. The lowest BCUT2D eigenvalue weighted by atomic mass is 9.99. The van der Waals surface area contributed by atoms with Crippen LogP contribution in [0.25, 0.3) is 0 Å². The van der Waals surface area contributed by atoms with Crippen molar-refractivity contribution in [2.75, 3.05) is 27.3 Å². The van der Waals surface area contributed by atoms with Crippen molar-refractivity contribution in [1.82, 2.24) is 4.90 Å². The fourth-order valence-electron chi connectivity index (χ4n) is 2.60. The van der Waals surface area contributed by atoms with Crippen molar-refractivity contribution in [3.05, 3.63) is 23.8 Å². The van der Waals surface area contributed by atoms with E-state index in [9.17, 15) is 4.79 Å². The number of hydrogen-bond donors (Lipinski definition) is 0. The van der Waals surface area contributed by atoms with Crippen LogP contribution >= 0.6 is 0 Å². The Bertz CT molecular complexity index is 459. The Labute approximate surface area is 114 Å². The van der Waals surface area contributed by atoms with E-state index in [1.54, 1.807) is 26.4 Å². The number of amides is 1. The Morgan fingerprint density at radius 3 is 2.74 bits per heavy atom. The fraction of sp³-hybridized carbons (Fsp3) is 0.533. The molecule has 1 amide bonds. The van der Waals surface area contributed by atoms with Gasteiger partial charge in [0, 0.05) is 13.1 Å². The van der Waals surface area contributed by atoms with E-state index >= 15 is 0 Å². The molecule has 0 unspecified atom stereocenters. The summed E-state index contributed by atoms with van der Waals surface area (Å²) >= 11 is 0. The minimum atomic E-state index is 0.0299. The number of benzene rings is 1. The molecule has 1 aromatic carbocycles. The normalized spacial score (nSPS) is 19.1. The Morgan fingerprint density at radius 1 is 1.32 bits per heavy atom. The quantitative estimate of drug-likeness (QED) is 0.841. The van der Waals surface area contributed by atoms with Gasteiger partial charge in [-0.25, -0.2) is 0 Å². The van der Waals surface area contributed by atoms with Crippen molar-refractivity contribution in [1.29, 1.82) is 0 Å². The lowest BCUT2D eigenvalue weighted by Crippen LogP contribution is -2.39. The van der Waals surface area contributed by atoms with Crippen LogP contribution in [0.4, 0.5) is 0 Å². The van der Waals surface area contributed by atoms with Gasteiger partial charge in [0.2, 0.25) is 0 Å². The highest BCUT2D eigenvalue weighted by atomic mass is 16.5. The summed E-state index contributed by atoms with van der Waals surface area (Å²) in [5.41, 5.74) is 0.580. The summed E-state index contributed by atoms with van der Waals surface area (Å²) < 4.78 is 10.6. The standard InChI is InChI=1S/C15H21NO3/c1-11-6-5-9-16(10-11)15(17)12-7-4-8-13(18-2)14(12)19-3/h4,7-8,11H,5-6,9-10H2,1-3H3/t11-/m0/s1. The average molecular weight is 263 g/mol. The van der Waals surface area contributed by atoms with Gasteiger partial charge in [-0.3, -0.25) is 4.79 Å². The van der Waals surface area contributed by atoms with E-state index in [4.69, 9.17) is 9.47 Å². The number of methoxy groups -OCH3 is 2. The van der Waals surface area contributed by atoms with Crippen LogP contribution < -0.4 is 9.47 Å². The molecule has 0 aromatic heterocycles. The molecular formula is C15H21NO3. The average Bonchev–Trinajstić information content (AvgIpc) is 2.45. The molecule has 1 saturated heterocycles. The number of nitrogens with zero attached hydrogens (tertiary/aromatic N) is 1. The van der Waals surface area contributed by atoms with Gasteiger partial charge in [0.1, 0.15) is 0 Å². The number of likely N-dealkylation sites (tertiary alicyclic amines) is 1. The maximum Gasteiger partial charge on any atom is 0.257 e. The second kappa shape index (κ2) is 5.95. The molecule has 104 valence electrons. The van der Waals surface area contributed by atoms with Crippen molar-refractivity contribution in [3.63, 3.8) is 0 Å². The first-order chi connectivity index (χ1) is 9.17. The second-order valence-electron chi connectivity index (χ2n) is 5.04. The summed E-state index contributed by atoms with van der Waals surface area (Å²) in [6.45, 7) is 3.82. The van der Waals surface area contributed by atoms with Crippen molar-refractivity contribution >= 4 is 5.91 Å². The van der Waals surface area contributed by atoms with Crippen LogP contribution in [0.15, 0.2) is 18.2 Å². The molecule has 1 fully saturated rings. The molecule has 0 N–H and O–H groups in total. The molecule has 4 nitrogen and oxygen atoms in total. The zero-order valence-corrected chi connectivity index (χ0v) is 11.8. The molecule has 0 bridgehead atoms. The van der Waals surface area contributed by atoms with Crippen molar-refractivity contribution in [2.45, 2.75) is 19.8 Å². The van der Waals surface area contributed by atoms with Crippen LogP contribution in [0.5, 0.6) is 11.5 Å². The van der Waals surface area contributed by atoms with E-state index in [0.29, 0.717) is 23.0 Å². The summed E-state index contributed by atoms with van der Waals surface area (Å²) in [4.78, 5) is 14.5. The monoisotopic (exact) mass is 263 g/mol. The van der Waals surface area contributed by atoms with Crippen molar-refractivity contribution in [2.24, 2.45) is 5.92 Å². The van der Waals surface area contributed by atoms with Crippen LogP contribution in [0.1, 0.15) is 30.1 Å². The van der Waals surface area contributed by atoms with Crippen LogP contribution in [0, 0.1) is 5.92 Å². The van der Waals surface area contributed by atoms with Gasteiger partial charge < -0.3 is 14.4 Å². The summed E-state index contributed by atoms with van der Waals surface area (Å²) in [5, 5.41) is 0. The Morgan fingerprint density at radius 2 is 2.11 bits per heavy atom. The molecule has 0 saturated carbocycles. The van der Waals surface area contributed by atoms with Gasteiger partial charge in [-0.2, -0.15) is 0 Å².